The molecule has 282 valence electrons. The Hall–Kier alpha value is -4.41. The fourth-order valence-electron chi connectivity index (χ4n) is 7.17. The molecule has 0 unspecified atom stereocenters. The van der Waals surface area contributed by atoms with Gasteiger partial charge in [0, 0.05) is 69.8 Å². The molecule has 0 saturated carbocycles. The summed E-state index contributed by atoms with van der Waals surface area (Å²) in [5.41, 5.74) is 8.92. The van der Waals surface area contributed by atoms with Crippen molar-refractivity contribution in [1.29, 1.82) is 0 Å². The van der Waals surface area contributed by atoms with Gasteiger partial charge >= 0.3 is 11.7 Å². The molecule has 0 radical (unpaired) electrons. The van der Waals surface area contributed by atoms with Gasteiger partial charge in [-0.05, 0) is 112 Å². The Morgan fingerprint density at radius 1 is 0.906 bits per heavy atom. The number of anilines is 1. The number of aromatic hydroxyl groups is 1. The first-order valence-corrected chi connectivity index (χ1v) is 19.6. The first-order chi connectivity index (χ1) is 25.6. The summed E-state index contributed by atoms with van der Waals surface area (Å²) in [4.78, 5) is 67.4. The molecule has 4 heterocycles. The van der Waals surface area contributed by atoms with Gasteiger partial charge in [0.15, 0.2) is 0 Å². The fraction of sp³-hybridized carbons (Fsp3) is 0.432. The number of phenols is 1. The molecule has 2 aliphatic rings. The number of phenolic OH excluding ortho intramolecular Hbond substituents is 1. The third-order valence-electron chi connectivity index (χ3n) is 10.1. The zero-order chi connectivity index (χ0) is 37.5. The predicted molar refractivity (Wildman–Crippen MR) is 210 cm³/mol. The number of urea groups is 1. The zero-order valence-electron chi connectivity index (χ0n) is 29.3. The Kier molecular flexibility index (Phi) is 12.7. The molecule has 0 aliphatic carbocycles. The molecular formula is C37H45Br2N9O5. The van der Waals surface area contributed by atoms with Crippen LogP contribution in [0.15, 0.2) is 74.7 Å². The Morgan fingerprint density at radius 3 is 2.26 bits per heavy atom. The number of halogens is 2. The molecule has 2 aromatic carbocycles. The monoisotopic (exact) mass is 853 g/mol. The van der Waals surface area contributed by atoms with Gasteiger partial charge in [-0.1, -0.05) is 12.1 Å². The first-order valence-electron chi connectivity index (χ1n) is 18.0. The van der Waals surface area contributed by atoms with Crippen molar-refractivity contribution < 1.29 is 19.5 Å². The second kappa shape index (κ2) is 17.6. The highest BCUT2D eigenvalue weighted by molar-refractivity contribution is 9.11. The Bertz CT molecular complexity index is 1930. The summed E-state index contributed by atoms with van der Waals surface area (Å²) in [5, 5.41) is 16.3. The number of amides is 4. The van der Waals surface area contributed by atoms with Crippen LogP contribution in [0, 0.1) is 0 Å². The van der Waals surface area contributed by atoms with E-state index in [1.54, 1.807) is 38.9 Å². The number of hydrogen-bond donors (Lipinski definition) is 5. The topological polar surface area (TPSA) is 182 Å². The highest BCUT2D eigenvalue weighted by Crippen LogP contribution is 2.34. The van der Waals surface area contributed by atoms with E-state index in [9.17, 15) is 24.3 Å². The van der Waals surface area contributed by atoms with Gasteiger partial charge in [-0.25, -0.2) is 9.59 Å². The minimum Gasteiger partial charge on any atom is -0.506 e. The number of nitrogens with one attached hydrogen (secondary N) is 3. The number of unbranched alkanes of at least 4 members (excludes halogenated alkanes) is 1. The lowest BCUT2D eigenvalue weighted by atomic mass is 10.0. The van der Waals surface area contributed by atoms with Gasteiger partial charge in [0.05, 0.1) is 20.0 Å². The maximum absolute atomic E-state index is 14.2. The van der Waals surface area contributed by atoms with Crippen molar-refractivity contribution in [1.82, 2.24) is 35.0 Å². The van der Waals surface area contributed by atoms with Crippen LogP contribution in [-0.4, -0.2) is 105 Å². The summed E-state index contributed by atoms with van der Waals surface area (Å²) in [7, 11) is 0. The molecule has 6 rings (SSSR count). The van der Waals surface area contributed by atoms with E-state index in [1.165, 1.54) is 0 Å². The van der Waals surface area contributed by atoms with E-state index in [4.69, 9.17) is 5.73 Å². The van der Waals surface area contributed by atoms with Crippen molar-refractivity contribution in [3.05, 3.63) is 85.9 Å². The van der Waals surface area contributed by atoms with Crippen LogP contribution in [0.1, 0.15) is 43.7 Å². The standard InChI is InChI=1S/C37H45Br2N9O5/c38-27-21-24(22-28(39)33(27)49)23-31(44-36(52)47-15-10-26(11-16-47)48-32-7-2-1-5-29(32)43-37(48)53)34(50)42-30(6-3-4-12-40)35(51)46-19-17-45(18-20-46)25-8-13-41-14-9-25/h1-2,5,7-9,13-14,21-22,26,30-31,49H,3-4,6,10-12,15-20,23,40H2,(H,42,50)(H,43,53)(H,44,52)/t30-,31-/m1/s1. The number of pyridine rings is 1. The molecule has 2 fully saturated rings. The lowest BCUT2D eigenvalue weighted by Crippen LogP contribution is -2.59. The molecule has 0 spiro atoms. The molecule has 2 atom stereocenters. The highest BCUT2D eigenvalue weighted by Gasteiger charge is 2.33. The number of nitrogens with two attached hydrogens (primary N) is 1. The zero-order valence-corrected chi connectivity index (χ0v) is 32.5. The van der Waals surface area contributed by atoms with E-state index < -0.39 is 24.0 Å². The predicted octanol–water partition coefficient (Wildman–Crippen LogP) is 3.88. The molecule has 2 aromatic heterocycles. The maximum atomic E-state index is 14.2. The summed E-state index contributed by atoms with van der Waals surface area (Å²) in [6.07, 6.45) is 6.48. The molecule has 2 aliphatic heterocycles. The van der Waals surface area contributed by atoms with E-state index in [-0.39, 0.29) is 29.8 Å². The number of aromatic amines is 1. The van der Waals surface area contributed by atoms with E-state index in [0.717, 1.165) is 16.7 Å². The lowest BCUT2D eigenvalue weighted by molar-refractivity contribution is -0.137. The Morgan fingerprint density at radius 2 is 1.58 bits per heavy atom. The third-order valence-corrected chi connectivity index (χ3v) is 11.3. The van der Waals surface area contributed by atoms with Crippen LogP contribution in [0.3, 0.4) is 0 Å². The molecule has 2 saturated heterocycles. The molecule has 4 amide bonds. The number of imidazole rings is 1. The van der Waals surface area contributed by atoms with Gasteiger partial charge in [-0.15, -0.1) is 0 Å². The van der Waals surface area contributed by atoms with Gasteiger partial charge < -0.3 is 41.2 Å². The van der Waals surface area contributed by atoms with Crippen LogP contribution < -0.4 is 27.0 Å². The summed E-state index contributed by atoms with van der Waals surface area (Å²) in [5.74, 6) is -0.634. The van der Waals surface area contributed by atoms with Gasteiger partial charge in [0.1, 0.15) is 17.8 Å². The van der Waals surface area contributed by atoms with Gasteiger partial charge in [-0.2, -0.15) is 0 Å². The SMILES string of the molecule is NCCCC[C@@H](NC(=O)[C@@H](Cc1cc(Br)c(O)c(Br)c1)NC(=O)N1CCC(n2c(=O)[nH]c3ccccc32)CC1)C(=O)N1CCN(c2ccncc2)CC1. The molecule has 53 heavy (non-hydrogen) atoms. The number of fused-ring (bicyclic) bond motifs is 1. The van der Waals surface area contributed by atoms with Crippen molar-refractivity contribution in [2.75, 3.05) is 50.7 Å². The lowest BCUT2D eigenvalue weighted by Gasteiger charge is -2.38. The molecule has 4 aromatic rings. The van der Waals surface area contributed by atoms with Crippen LogP contribution >= 0.6 is 31.9 Å². The van der Waals surface area contributed by atoms with E-state index >= 15 is 0 Å². The number of H-pyrrole nitrogens is 1. The van der Waals surface area contributed by atoms with Crippen molar-refractivity contribution in [3.63, 3.8) is 0 Å². The summed E-state index contributed by atoms with van der Waals surface area (Å²) >= 11 is 6.73. The van der Waals surface area contributed by atoms with E-state index in [0.29, 0.717) is 92.4 Å². The second-order valence-corrected chi connectivity index (χ2v) is 15.2. The van der Waals surface area contributed by atoms with Crippen LogP contribution in [0.2, 0.25) is 0 Å². The first kappa shape index (κ1) is 38.3. The number of likely N-dealkylation sites (tertiary alicyclic amines) is 1. The van der Waals surface area contributed by atoms with Crippen LogP contribution in [0.25, 0.3) is 11.0 Å². The van der Waals surface area contributed by atoms with Crippen LogP contribution in [-0.2, 0) is 16.0 Å². The smallest absolute Gasteiger partial charge is 0.326 e. The number of aromatic nitrogens is 3. The Labute approximate surface area is 324 Å². The normalized spacial score (nSPS) is 16.4. The summed E-state index contributed by atoms with van der Waals surface area (Å²) in [6, 6.07) is 12.5. The number of benzene rings is 2. The maximum Gasteiger partial charge on any atom is 0.326 e. The van der Waals surface area contributed by atoms with Gasteiger partial charge in [0.2, 0.25) is 11.8 Å². The average Bonchev–Trinajstić information content (AvgIpc) is 3.52. The van der Waals surface area contributed by atoms with Crippen LogP contribution in [0.4, 0.5) is 10.5 Å². The average molecular weight is 856 g/mol. The number of nitrogens with zero attached hydrogens (tertiary/aromatic N) is 5. The molecule has 6 N–H and O–H groups in total. The number of piperidine rings is 1. The molecular weight excluding hydrogens is 810 g/mol. The summed E-state index contributed by atoms with van der Waals surface area (Å²) < 4.78 is 2.63. The minimum atomic E-state index is -1.03. The van der Waals surface area contributed by atoms with E-state index in [1.807, 2.05) is 36.4 Å². The summed E-state index contributed by atoms with van der Waals surface area (Å²) in [6.45, 7) is 3.54. The quantitative estimate of drug-likeness (QED) is 0.133. The largest absolute Gasteiger partial charge is 0.506 e. The van der Waals surface area contributed by atoms with Crippen LogP contribution in [0.5, 0.6) is 5.75 Å². The van der Waals surface area contributed by atoms with Crippen molar-refractivity contribution in [3.8, 4) is 5.75 Å². The third kappa shape index (κ3) is 9.22. The van der Waals surface area contributed by atoms with Crippen molar-refractivity contribution >= 4 is 66.4 Å². The van der Waals surface area contributed by atoms with Crippen molar-refractivity contribution in [2.45, 2.75) is 56.7 Å². The van der Waals surface area contributed by atoms with Crippen molar-refractivity contribution in [2.24, 2.45) is 5.73 Å². The number of para-hydroxylation sites is 2. The number of carbonyl (C=O) groups is 3. The number of hydrogen-bond acceptors (Lipinski definition) is 8. The molecule has 16 heteroatoms. The number of carbonyl (C=O) groups excluding carboxylic acids is 3. The Balaban J connectivity index is 1.15. The minimum absolute atomic E-state index is 0.0190. The highest BCUT2D eigenvalue weighted by atomic mass is 79.9. The second-order valence-electron chi connectivity index (χ2n) is 13.5. The fourth-order valence-corrected chi connectivity index (χ4v) is 8.45. The number of rotatable bonds is 12. The van der Waals surface area contributed by atoms with E-state index in [2.05, 4.69) is 57.4 Å². The molecule has 14 nitrogen and oxygen atoms in total. The van der Waals surface area contributed by atoms with Gasteiger partial charge in [-0.3, -0.25) is 19.1 Å². The van der Waals surface area contributed by atoms with Gasteiger partial charge in [0.25, 0.3) is 0 Å². The number of piperazine rings is 1. The molecule has 0 bridgehead atoms.